The first-order chi connectivity index (χ1) is 17.4. The lowest BCUT2D eigenvalue weighted by Gasteiger charge is -2.32. The zero-order chi connectivity index (χ0) is 26.9. The molecule has 0 aliphatic carbocycles. The Kier molecular flexibility index (Phi) is 7.57. The number of carbonyl (C=O) groups is 1. The second-order valence-electron chi connectivity index (χ2n) is 9.49. The molecule has 1 aliphatic heterocycles. The van der Waals surface area contributed by atoms with Crippen LogP contribution in [0.15, 0.2) is 67.0 Å². The highest BCUT2D eigenvalue weighted by Gasteiger charge is 2.38. The number of aliphatic hydroxyl groups is 1. The van der Waals surface area contributed by atoms with Gasteiger partial charge in [-0.2, -0.15) is 13.9 Å². The van der Waals surface area contributed by atoms with Crippen molar-refractivity contribution in [2.24, 2.45) is 5.92 Å². The van der Waals surface area contributed by atoms with E-state index < -0.39 is 30.2 Å². The maximum absolute atomic E-state index is 13.8. The van der Waals surface area contributed by atoms with Crippen molar-refractivity contribution >= 4 is 34.1 Å². The summed E-state index contributed by atoms with van der Waals surface area (Å²) in [6.45, 7) is 4.23. The minimum Gasteiger partial charge on any atom is -0.484 e. The third kappa shape index (κ3) is 5.94. The average Bonchev–Trinajstić information content (AvgIpc) is 3.26. The van der Waals surface area contributed by atoms with Crippen LogP contribution in [0.4, 0.5) is 8.78 Å². The fourth-order valence-corrected chi connectivity index (χ4v) is 4.21. The van der Waals surface area contributed by atoms with E-state index in [0.29, 0.717) is 23.3 Å². The summed E-state index contributed by atoms with van der Waals surface area (Å²) in [6, 6.07) is 11.5. The Morgan fingerprint density at radius 2 is 1.92 bits per heavy atom. The largest absolute Gasteiger partial charge is 0.484 e. The highest BCUT2D eigenvalue weighted by Crippen LogP contribution is 2.32. The first-order valence-electron chi connectivity index (χ1n) is 11.8. The predicted molar refractivity (Wildman–Crippen MR) is 139 cm³/mol. The number of hydrogen-bond donors (Lipinski definition) is 2. The zero-order valence-corrected chi connectivity index (χ0v) is 21.7. The Bertz CT molecular complexity index is 1330. The van der Waals surface area contributed by atoms with Gasteiger partial charge in [-0.1, -0.05) is 37.6 Å². The van der Waals surface area contributed by atoms with E-state index in [1.165, 1.54) is 0 Å². The molecular formula is C27H29ClF2N4O3. The number of amides is 1. The SMILES string of the molecule is CC(C)[C@H](NC(=O)C(C)(F)F)[C@H](Oc1ccc2c(cnn2C2=CN(C)C(O)C=C2)c1)c1ccc(Cl)cc1. The van der Waals surface area contributed by atoms with Crippen LogP contribution in [0.1, 0.15) is 32.4 Å². The number of aromatic nitrogens is 2. The van der Waals surface area contributed by atoms with Crippen LogP contribution in [0.3, 0.4) is 0 Å². The average molecular weight is 531 g/mol. The Labute approximate surface area is 219 Å². The van der Waals surface area contributed by atoms with Crippen LogP contribution >= 0.6 is 11.6 Å². The number of hydrogen-bond acceptors (Lipinski definition) is 5. The van der Waals surface area contributed by atoms with Gasteiger partial charge in [-0.05, 0) is 54.0 Å². The van der Waals surface area contributed by atoms with Crippen LogP contribution in [0, 0.1) is 5.92 Å². The summed E-state index contributed by atoms with van der Waals surface area (Å²) in [5.74, 6) is -4.64. The molecule has 0 saturated heterocycles. The van der Waals surface area contributed by atoms with E-state index in [0.717, 1.165) is 16.6 Å². The van der Waals surface area contributed by atoms with Crippen LogP contribution in [0.5, 0.6) is 5.75 Å². The molecule has 1 amide bonds. The first-order valence-corrected chi connectivity index (χ1v) is 12.2. The number of nitrogens with one attached hydrogen (secondary N) is 1. The van der Waals surface area contributed by atoms with Gasteiger partial charge < -0.3 is 20.1 Å². The molecule has 0 fully saturated rings. The number of rotatable bonds is 8. The number of carbonyl (C=O) groups excluding carboxylic acids is 1. The molecule has 0 spiro atoms. The van der Waals surface area contributed by atoms with Gasteiger partial charge in [0.1, 0.15) is 18.1 Å². The van der Waals surface area contributed by atoms with E-state index >= 15 is 0 Å². The molecule has 10 heteroatoms. The van der Waals surface area contributed by atoms with Gasteiger partial charge in [0.05, 0.1) is 23.5 Å². The summed E-state index contributed by atoms with van der Waals surface area (Å²) < 4.78 is 35.6. The topological polar surface area (TPSA) is 79.6 Å². The van der Waals surface area contributed by atoms with Crippen LogP contribution in [-0.2, 0) is 4.79 Å². The molecule has 37 heavy (non-hydrogen) atoms. The van der Waals surface area contributed by atoms with Gasteiger partial charge in [-0.15, -0.1) is 0 Å². The molecule has 1 aliphatic rings. The summed E-state index contributed by atoms with van der Waals surface area (Å²) in [4.78, 5) is 13.9. The molecule has 1 unspecified atom stereocenters. The van der Waals surface area contributed by atoms with Gasteiger partial charge >= 0.3 is 5.92 Å². The predicted octanol–water partition coefficient (Wildman–Crippen LogP) is 5.22. The number of halogens is 3. The van der Waals surface area contributed by atoms with Crippen molar-refractivity contribution in [2.75, 3.05) is 7.05 Å². The summed E-state index contributed by atoms with van der Waals surface area (Å²) >= 11 is 6.07. The van der Waals surface area contributed by atoms with Gasteiger partial charge in [0.2, 0.25) is 0 Å². The Morgan fingerprint density at radius 3 is 2.54 bits per heavy atom. The minimum absolute atomic E-state index is 0.226. The van der Waals surface area contributed by atoms with E-state index in [1.54, 1.807) is 77.6 Å². The maximum Gasteiger partial charge on any atom is 0.321 e. The van der Waals surface area contributed by atoms with Crippen molar-refractivity contribution in [3.05, 3.63) is 77.6 Å². The van der Waals surface area contributed by atoms with Crippen molar-refractivity contribution < 1.29 is 23.4 Å². The molecule has 3 atom stereocenters. The Morgan fingerprint density at radius 1 is 1.22 bits per heavy atom. The van der Waals surface area contributed by atoms with Crippen molar-refractivity contribution in [3.8, 4) is 5.75 Å². The molecule has 3 aromatic rings. The number of ether oxygens (including phenoxy) is 1. The fourth-order valence-electron chi connectivity index (χ4n) is 4.08. The smallest absolute Gasteiger partial charge is 0.321 e. The van der Waals surface area contributed by atoms with Gasteiger partial charge in [0.25, 0.3) is 5.91 Å². The Hall–Kier alpha value is -3.43. The fraction of sp³-hybridized carbons (Fsp3) is 0.333. The van der Waals surface area contributed by atoms with Crippen LogP contribution in [0.25, 0.3) is 16.6 Å². The summed E-state index contributed by atoms with van der Waals surface area (Å²) in [5, 5.41) is 18.2. The number of allylic oxidation sites excluding steroid dienone is 2. The van der Waals surface area contributed by atoms with Crippen molar-refractivity contribution in [2.45, 2.75) is 45.1 Å². The highest BCUT2D eigenvalue weighted by atomic mass is 35.5. The monoisotopic (exact) mass is 530 g/mol. The lowest BCUT2D eigenvalue weighted by molar-refractivity contribution is -0.145. The molecule has 2 aromatic carbocycles. The van der Waals surface area contributed by atoms with Gasteiger partial charge in [0, 0.05) is 30.6 Å². The lowest BCUT2D eigenvalue weighted by atomic mass is 9.92. The molecule has 2 N–H and O–H groups in total. The molecule has 4 rings (SSSR count). The van der Waals surface area contributed by atoms with Gasteiger partial charge in [0.15, 0.2) is 0 Å². The number of aliphatic hydroxyl groups excluding tert-OH is 1. The summed E-state index contributed by atoms with van der Waals surface area (Å²) in [6.07, 6.45) is 5.47. The van der Waals surface area contributed by atoms with Crippen molar-refractivity contribution in [1.82, 2.24) is 20.0 Å². The third-order valence-corrected chi connectivity index (χ3v) is 6.43. The van der Waals surface area contributed by atoms with Crippen LogP contribution < -0.4 is 10.1 Å². The van der Waals surface area contributed by atoms with E-state index in [1.807, 2.05) is 19.9 Å². The number of alkyl halides is 2. The zero-order valence-electron chi connectivity index (χ0n) is 20.9. The third-order valence-electron chi connectivity index (χ3n) is 6.18. The molecule has 0 saturated carbocycles. The molecular weight excluding hydrogens is 502 g/mol. The normalized spacial score (nSPS) is 17.6. The number of likely N-dealkylation sites (N-methyl/N-ethyl adjacent to an activating group) is 1. The first kappa shape index (κ1) is 26.6. The molecule has 0 bridgehead atoms. The molecule has 196 valence electrons. The van der Waals surface area contributed by atoms with Crippen molar-refractivity contribution in [3.63, 3.8) is 0 Å². The van der Waals surface area contributed by atoms with E-state index in [9.17, 15) is 18.7 Å². The second kappa shape index (κ2) is 10.5. The second-order valence-corrected chi connectivity index (χ2v) is 9.93. The number of benzene rings is 2. The lowest BCUT2D eigenvalue weighted by Crippen LogP contribution is -2.49. The maximum atomic E-state index is 13.8. The molecule has 7 nitrogen and oxygen atoms in total. The van der Waals surface area contributed by atoms with E-state index in [2.05, 4.69) is 10.4 Å². The van der Waals surface area contributed by atoms with Gasteiger partial charge in [-0.25, -0.2) is 4.68 Å². The number of fused-ring (bicyclic) bond motifs is 1. The minimum atomic E-state index is -3.53. The van der Waals surface area contributed by atoms with Gasteiger partial charge in [-0.3, -0.25) is 4.79 Å². The standard InChI is InChI=1S/C27H29ClF2N4O3/c1-16(2)24(32-26(36)27(3,29)30)25(17-5-7-19(28)8-6-17)37-21-10-11-22-18(13-21)14-31-34(22)20-9-12-23(35)33(4)15-20/h5-16,23-25,35H,1-4H3,(H,32,36)/t23?,24-,25+/m0/s1. The van der Waals surface area contributed by atoms with E-state index in [4.69, 9.17) is 16.3 Å². The van der Waals surface area contributed by atoms with Crippen LogP contribution in [0.2, 0.25) is 5.02 Å². The number of nitrogens with zero attached hydrogens (tertiary/aromatic N) is 3. The molecule has 2 heterocycles. The summed E-state index contributed by atoms with van der Waals surface area (Å²) in [5.41, 5.74) is 2.27. The quantitative estimate of drug-likeness (QED) is 0.417. The molecule has 0 radical (unpaired) electrons. The van der Waals surface area contributed by atoms with Crippen LogP contribution in [-0.4, -0.2) is 50.9 Å². The molecule has 1 aromatic heterocycles. The Balaban J connectivity index is 1.68. The highest BCUT2D eigenvalue weighted by molar-refractivity contribution is 6.30. The van der Waals surface area contributed by atoms with E-state index in [-0.39, 0.29) is 5.92 Å². The van der Waals surface area contributed by atoms with Crippen molar-refractivity contribution in [1.29, 1.82) is 0 Å². The summed E-state index contributed by atoms with van der Waals surface area (Å²) in [7, 11) is 1.76.